The number of amides is 9. The van der Waals surface area contributed by atoms with Crippen molar-refractivity contribution in [2.75, 3.05) is 62.0 Å². The van der Waals surface area contributed by atoms with Gasteiger partial charge in [0.1, 0.15) is 30.3 Å². The number of nitrogens with two attached hydrogens (primary N) is 1. The summed E-state index contributed by atoms with van der Waals surface area (Å²) in [7, 11) is 1.66. The Kier molecular flexibility index (Phi) is 24.9. The number of carboxylic acids is 2. The number of unbranched alkanes of at least 4 members (excludes halogenated alkanes) is 2. The number of hydrogen-bond donors (Lipinski definition) is 8. The number of rotatable bonds is 34. The summed E-state index contributed by atoms with van der Waals surface area (Å²) in [4.78, 5) is 142. The number of carbonyl (C=O) groups excluding carboxylic acids is 8. The van der Waals surface area contributed by atoms with Crippen molar-refractivity contribution in [3.63, 3.8) is 0 Å². The van der Waals surface area contributed by atoms with Crippen LogP contribution >= 0.6 is 11.3 Å². The number of primary amides is 1. The maximum absolute atomic E-state index is 14.0. The highest BCUT2D eigenvalue weighted by Crippen LogP contribution is 2.61. The Hall–Kier alpha value is -10.3. The molecule has 3 unspecified atom stereocenters. The lowest BCUT2D eigenvalue weighted by Crippen LogP contribution is -2.54. The average Bonchev–Trinajstić information content (AvgIpc) is 1.06. The van der Waals surface area contributed by atoms with Crippen molar-refractivity contribution in [1.29, 1.82) is 0 Å². The van der Waals surface area contributed by atoms with E-state index in [1.54, 1.807) is 75.6 Å². The second-order valence-corrected chi connectivity index (χ2v) is 29.5. The molecular weight excluding hydrogens is 1350 g/mol. The molecule has 3 aromatic carbocycles. The van der Waals surface area contributed by atoms with Crippen LogP contribution in [0.15, 0.2) is 91.1 Å². The number of aromatic carboxylic acids is 1. The van der Waals surface area contributed by atoms with Crippen molar-refractivity contribution < 1.29 is 72.4 Å². The monoisotopic (exact) mass is 1450 g/mol. The lowest BCUT2D eigenvalue weighted by molar-refractivity contribution is -0.167. The minimum absolute atomic E-state index is 0.0386. The number of para-hydroxylation sites is 1. The Balaban J connectivity index is 0.733. The van der Waals surface area contributed by atoms with Gasteiger partial charge in [0.05, 0.1) is 28.6 Å². The molecule has 10 rings (SSSR count). The number of benzene rings is 3. The summed E-state index contributed by atoms with van der Waals surface area (Å²) in [5.74, 6) is -4.64. The van der Waals surface area contributed by atoms with Gasteiger partial charge < -0.3 is 61.2 Å². The fourth-order valence-electron chi connectivity index (χ4n) is 15.3. The number of thiazole rings is 1. The standard InChI is InChI=1S/C75H93N13O15S/c1-7-30-75(103-37-36-85(6)72(100)102-40-48-19-21-49(22-20-48)79-67(95)56(16-13-33-77-70(76)99)80-68(96)64(46(2)3)83-60(89)18-9-8-12-34-87-61(90)27-28-62(87)91)43-73(5)31-14-32-74(42-73,44-75)45-88-47(4)53(38-78-88)51-24-26-59(82-65(51)69(97)98)86-35-29-50-54(39-86)52(23-25-57(50)101-41-63(92)93)66(94)84-71-81-55-15-10-11-17-58(55)104-71/h10-11,15,17,19-28,38,46,56,64H,7-9,12-14,16,18,29-37,39-45H2,1-6H3,(H,79,95)(H,80,96)(H,83,89)(H,92,93)(H,97,98)(H3,76,77,99)(H,81,84,94)/t56-,64-,73?,74?,75?/m0/s1. The van der Waals surface area contributed by atoms with Crippen LogP contribution in [0.2, 0.25) is 0 Å². The van der Waals surface area contributed by atoms with Crippen LogP contribution in [-0.2, 0) is 64.4 Å². The molecule has 5 heterocycles. The Labute approximate surface area is 607 Å². The Morgan fingerprint density at radius 1 is 0.837 bits per heavy atom. The van der Waals surface area contributed by atoms with Gasteiger partial charge in [-0.05, 0) is 154 Å². The summed E-state index contributed by atoms with van der Waals surface area (Å²) in [6, 6.07) is 18.2. The molecule has 9 N–H and O–H groups in total. The lowest BCUT2D eigenvalue weighted by Gasteiger charge is -2.58. The second kappa shape index (κ2) is 33.9. The van der Waals surface area contributed by atoms with E-state index in [9.17, 15) is 58.2 Å². The van der Waals surface area contributed by atoms with Gasteiger partial charge in [-0.15, -0.1) is 0 Å². The predicted molar refractivity (Wildman–Crippen MR) is 389 cm³/mol. The van der Waals surface area contributed by atoms with Gasteiger partial charge in [0.25, 0.3) is 17.7 Å². The van der Waals surface area contributed by atoms with Gasteiger partial charge in [0, 0.05) is 98.5 Å². The maximum Gasteiger partial charge on any atom is 0.409 e. The fraction of sp³-hybridized carbons (Fsp3) is 0.480. The molecule has 2 bridgehead atoms. The minimum atomic E-state index is -1.22. The molecule has 29 heteroatoms. The first-order valence-corrected chi connectivity index (χ1v) is 36.3. The van der Waals surface area contributed by atoms with Gasteiger partial charge in [-0.25, -0.2) is 29.1 Å². The number of aromatic nitrogens is 4. The molecule has 2 fully saturated rings. The number of pyridine rings is 1. The van der Waals surface area contributed by atoms with E-state index < -0.39 is 66.1 Å². The lowest BCUT2D eigenvalue weighted by atomic mass is 9.51. The largest absolute Gasteiger partial charge is 0.482 e. The zero-order chi connectivity index (χ0) is 74.5. The van der Waals surface area contributed by atoms with Gasteiger partial charge in [0.15, 0.2) is 17.4 Å². The van der Waals surface area contributed by atoms with E-state index in [4.69, 9.17) is 30.0 Å². The molecule has 3 aromatic heterocycles. The quantitative estimate of drug-likeness (QED) is 0.0138. The Bertz CT molecular complexity index is 4180. The first-order chi connectivity index (χ1) is 49.7. The minimum Gasteiger partial charge on any atom is -0.482 e. The Morgan fingerprint density at radius 3 is 2.33 bits per heavy atom. The summed E-state index contributed by atoms with van der Waals surface area (Å²) in [6.07, 6.45) is 13.2. The molecule has 0 spiro atoms. The maximum atomic E-state index is 14.0. The van der Waals surface area contributed by atoms with Crippen LogP contribution in [-0.4, -0.2) is 163 Å². The number of aliphatic carboxylic acids is 1. The summed E-state index contributed by atoms with van der Waals surface area (Å²) < 4.78 is 21.4. The molecule has 4 aliphatic rings. The first-order valence-electron chi connectivity index (χ1n) is 35.5. The highest BCUT2D eigenvalue weighted by atomic mass is 32.1. The zero-order valence-electron chi connectivity index (χ0n) is 59.7. The van der Waals surface area contributed by atoms with Gasteiger partial charge in [0.2, 0.25) is 17.7 Å². The van der Waals surface area contributed by atoms with Crippen molar-refractivity contribution >= 4 is 97.7 Å². The number of fused-ring (bicyclic) bond motifs is 4. The second-order valence-electron chi connectivity index (χ2n) is 28.4. The smallest absolute Gasteiger partial charge is 0.409 e. The van der Waals surface area contributed by atoms with Crippen LogP contribution in [0, 0.1) is 23.7 Å². The van der Waals surface area contributed by atoms with E-state index in [2.05, 4.69) is 45.4 Å². The number of imide groups is 1. The molecule has 28 nitrogen and oxygen atoms in total. The average molecular weight is 1450 g/mol. The number of likely N-dealkylation sites (N-methyl/N-ethyl adjacent to an activating group) is 1. The van der Waals surface area contributed by atoms with Crippen LogP contribution in [0.25, 0.3) is 21.3 Å². The van der Waals surface area contributed by atoms with E-state index >= 15 is 0 Å². The molecule has 2 aliphatic carbocycles. The molecule has 9 amide bonds. The van der Waals surface area contributed by atoms with Crippen molar-refractivity contribution in [3.8, 4) is 16.9 Å². The van der Waals surface area contributed by atoms with Crippen molar-refractivity contribution in [1.82, 2.24) is 45.5 Å². The third-order valence-electron chi connectivity index (χ3n) is 20.0. The molecule has 0 saturated heterocycles. The van der Waals surface area contributed by atoms with Crippen LogP contribution in [0.1, 0.15) is 161 Å². The van der Waals surface area contributed by atoms with Crippen LogP contribution in [0.5, 0.6) is 5.75 Å². The number of carbonyl (C=O) groups is 10. The fourth-order valence-corrected chi connectivity index (χ4v) is 16.1. The van der Waals surface area contributed by atoms with Gasteiger partial charge >= 0.3 is 24.1 Å². The molecule has 104 heavy (non-hydrogen) atoms. The number of anilines is 3. The van der Waals surface area contributed by atoms with Crippen LogP contribution in [0.3, 0.4) is 0 Å². The molecular formula is C75H93N13O15S. The normalized spacial score (nSPS) is 18.9. The van der Waals surface area contributed by atoms with Gasteiger partial charge in [-0.2, -0.15) is 5.10 Å². The molecule has 554 valence electrons. The summed E-state index contributed by atoms with van der Waals surface area (Å²) in [6.45, 7) is 11.3. The first kappa shape index (κ1) is 76.4. The predicted octanol–water partition coefficient (Wildman–Crippen LogP) is 9.52. The topological polar surface area (TPSA) is 378 Å². The number of carboxylic acid groups (broad SMARTS) is 2. The number of ether oxygens (including phenoxy) is 3. The third kappa shape index (κ3) is 19.1. The van der Waals surface area contributed by atoms with Gasteiger partial charge in [-0.1, -0.05) is 82.6 Å². The zero-order valence-corrected chi connectivity index (χ0v) is 60.5. The van der Waals surface area contributed by atoms with Crippen LogP contribution < -0.4 is 42.0 Å². The van der Waals surface area contributed by atoms with Crippen molar-refractivity contribution in [2.45, 2.75) is 168 Å². The van der Waals surface area contributed by atoms with Crippen molar-refractivity contribution in [3.05, 3.63) is 125 Å². The molecule has 2 aliphatic heterocycles. The van der Waals surface area contributed by atoms with Crippen molar-refractivity contribution in [2.24, 2.45) is 22.5 Å². The van der Waals surface area contributed by atoms with Crippen LogP contribution in [0.4, 0.5) is 26.2 Å². The van der Waals surface area contributed by atoms with E-state index in [0.717, 1.165) is 72.2 Å². The number of nitrogens with zero attached hydrogens (tertiary/aromatic N) is 7. The van der Waals surface area contributed by atoms with E-state index in [1.807, 2.05) is 40.8 Å². The summed E-state index contributed by atoms with van der Waals surface area (Å²) in [5.41, 5.74) is 9.55. The van der Waals surface area contributed by atoms with E-state index in [-0.39, 0.29) is 98.8 Å². The number of nitrogens with one attached hydrogen (secondary N) is 5. The number of hydrogen-bond acceptors (Lipinski definition) is 18. The summed E-state index contributed by atoms with van der Waals surface area (Å²) >= 11 is 1.34. The SMILES string of the molecule is CCCC1(OCCN(C)C(=O)OCc2ccc(NC(=O)[C@H](CCCNC(N)=O)NC(=O)[C@@H](NC(=O)CCCCCN3C(=O)C=CC3=O)C(C)C)cc2)CC2(C)CCCC(Cn3ncc(-c4ccc(N5CCc6c(OCC(=O)O)ccc(C(=O)Nc7nc8ccccc8s7)c6C5)nc4C(=O)O)c3C)(C2)C1. The van der Waals surface area contributed by atoms with Gasteiger partial charge in [-0.3, -0.25) is 43.7 Å². The highest BCUT2D eigenvalue weighted by Gasteiger charge is 2.55. The van der Waals surface area contributed by atoms with E-state index in [1.165, 1.54) is 28.4 Å². The third-order valence-corrected chi connectivity index (χ3v) is 20.9. The molecule has 2 saturated carbocycles. The molecule has 0 radical (unpaired) electrons. The Morgan fingerprint density at radius 2 is 1.61 bits per heavy atom. The molecule has 5 atom stereocenters. The van der Waals surface area contributed by atoms with E-state index in [0.29, 0.717) is 94.5 Å². The number of urea groups is 1. The summed E-state index contributed by atoms with van der Waals surface area (Å²) in [5, 5.41) is 39.5. The highest BCUT2D eigenvalue weighted by molar-refractivity contribution is 7.22. The molecule has 6 aromatic rings.